The van der Waals surface area contributed by atoms with Crippen molar-refractivity contribution in [2.24, 2.45) is 0 Å². The van der Waals surface area contributed by atoms with E-state index in [-0.39, 0.29) is 24.3 Å². The summed E-state index contributed by atoms with van der Waals surface area (Å²) >= 11 is 0. The highest BCUT2D eigenvalue weighted by atomic mass is 16.5. The van der Waals surface area contributed by atoms with Gasteiger partial charge in [0.25, 0.3) is 11.8 Å². The second kappa shape index (κ2) is 8.36. The van der Waals surface area contributed by atoms with Crippen LogP contribution in [0.3, 0.4) is 0 Å². The van der Waals surface area contributed by atoms with Crippen molar-refractivity contribution in [2.75, 3.05) is 24.7 Å². The van der Waals surface area contributed by atoms with Crippen LogP contribution in [0.1, 0.15) is 18.1 Å². The highest BCUT2D eigenvalue weighted by Gasteiger charge is 2.35. The molecule has 2 amide bonds. The molecule has 9 nitrogen and oxygen atoms in total. The van der Waals surface area contributed by atoms with Crippen LogP contribution in [0.25, 0.3) is 33.0 Å². The third-order valence-corrected chi connectivity index (χ3v) is 6.00. The van der Waals surface area contributed by atoms with Crippen molar-refractivity contribution < 1.29 is 19.4 Å². The molecule has 34 heavy (non-hydrogen) atoms. The fourth-order valence-electron chi connectivity index (χ4n) is 4.51. The quantitative estimate of drug-likeness (QED) is 0.211. The van der Waals surface area contributed by atoms with Gasteiger partial charge in [-0.15, -0.1) is 0 Å². The predicted molar refractivity (Wildman–Crippen MR) is 132 cm³/mol. The van der Waals surface area contributed by atoms with Crippen LogP contribution in [0.2, 0.25) is 0 Å². The Kier molecular flexibility index (Phi) is 5.35. The number of carbonyl (C=O) groups excluding carboxylic acids is 2. The number of hydrogen-bond donors (Lipinski definition) is 5. The number of nitrogens with two attached hydrogens (primary N) is 2. The lowest BCUT2D eigenvalue weighted by Gasteiger charge is -2.12. The summed E-state index contributed by atoms with van der Waals surface area (Å²) in [5, 5.41) is 14.3. The number of carbonyl (C=O) groups is 2. The van der Waals surface area contributed by atoms with Gasteiger partial charge in [-0.1, -0.05) is 0 Å². The Morgan fingerprint density at radius 3 is 2.41 bits per heavy atom. The number of imide groups is 1. The van der Waals surface area contributed by atoms with Gasteiger partial charge in [-0.05, 0) is 43.3 Å². The van der Waals surface area contributed by atoms with E-state index in [1.807, 2.05) is 23.6 Å². The lowest BCUT2D eigenvalue weighted by atomic mass is 9.95. The van der Waals surface area contributed by atoms with Gasteiger partial charge in [0.15, 0.2) is 0 Å². The van der Waals surface area contributed by atoms with Gasteiger partial charge in [-0.25, -0.2) is 0 Å². The van der Waals surface area contributed by atoms with E-state index in [2.05, 4.69) is 10.3 Å². The van der Waals surface area contributed by atoms with E-state index in [1.165, 1.54) is 0 Å². The molecule has 2 aromatic carbocycles. The first-order valence-electron chi connectivity index (χ1n) is 11.0. The minimum Gasteiger partial charge on any atom is -0.399 e. The minimum atomic E-state index is -0.745. The summed E-state index contributed by atoms with van der Waals surface area (Å²) in [4.78, 5) is 29.2. The number of H-pyrrole nitrogens is 1. The number of benzene rings is 2. The van der Waals surface area contributed by atoms with Crippen molar-refractivity contribution in [3.05, 3.63) is 59.9 Å². The smallest absolute Gasteiger partial charge is 0.259 e. The fraction of sp³-hybridized carbons (Fsp3) is 0.200. The van der Waals surface area contributed by atoms with Crippen LogP contribution in [0, 0.1) is 0 Å². The van der Waals surface area contributed by atoms with Crippen molar-refractivity contribution in [3.8, 4) is 0 Å². The zero-order valence-electron chi connectivity index (χ0n) is 18.6. The molecule has 0 saturated heterocycles. The van der Waals surface area contributed by atoms with Crippen molar-refractivity contribution in [1.29, 1.82) is 0 Å². The number of amides is 2. The topological polar surface area (TPSA) is 148 Å². The Morgan fingerprint density at radius 2 is 1.68 bits per heavy atom. The Balaban J connectivity index is 1.72. The van der Waals surface area contributed by atoms with Gasteiger partial charge in [0.1, 0.15) is 0 Å². The van der Waals surface area contributed by atoms with E-state index in [0.717, 1.165) is 16.4 Å². The first-order chi connectivity index (χ1) is 16.4. The molecule has 1 aliphatic rings. The highest BCUT2D eigenvalue weighted by Crippen LogP contribution is 2.39. The summed E-state index contributed by atoms with van der Waals surface area (Å²) in [6.45, 7) is 2.80. The van der Waals surface area contributed by atoms with Crippen LogP contribution in [0.5, 0.6) is 0 Å². The molecule has 9 heteroatoms. The van der Waals surface area contributed by atoms with Crippen LogP contribution in [-0.4, -0.2) is 45.8 Å². The molecule has 7 N–H and O–H groups in total. The molecule has 1 aliphatic heterocycles. The van der Waals surface area contributed by atoms with E-state index < -0.39 is 17.9 Å². The van der Waals surface area contributed by atoms with Crippen molar-refractivity contribution in [3.63, 3.8) is 0 Å². The molecule has 0 fully saturated rings. The maximum atomic E-state index is 13.1. The maximum Gasteiger partial charge on any atom is 0.259 e. The normalized spacial score (nSPS) is 15.0. The highest BCUT2D eigenvalue weighted by molar-refractivity contribution is 6.50. The molecule has 1 atom stereocenters. The monoisotopic (exact) mass is 459 g/mol. The Bertz CT molecular complexity index is 1480. The number of rotatable bonds is 7. The summed E-state index contributed by atoms with van der Waals surface area (Å²) < 4.78 is 7.19. The molecule has 2 aromatic heterocycles. The van der Waals surface area contributed by atoms with Crippen molar-refractivity contribution in [1.82, 2.24) is 14.9 Å². The van der Waals surface area contributed by atoms with Crippen molar-refractivity contribution in [2.45, 2.75) is 19.6 Å². The molecule has 0 bridgehead atoms. The molecule has 0 aliphatic carbocycles. The largest absolute Gasteiger partial charge is 0.399 e. The second-order valence-electron chi connectivity index (χ2n) is 8.33. The summed E-state index contributed by atoms with van der Waals surface area (Å²) in [5.74, 6) is -0.973. The molecular formula is C25H25N5O4. The lowest BCUT2D eigenvalue weighted by Crippen LogP contribution is -2.22. The number of nitrogens with zero attached hydrogens (tertiary/aromatic N) is 1. The average Bonchev–Trinajstić information content (AvgIpc) is 3.44. The fourth-order valence-corrected chi connectivity index (χ4v) is 4.51. The van der Waals surface area contributed by atoms with Gasteiger partial charge in [-0.3, -0.25) is 14.9 Å². The molecule has 3 heterocycles. The van der Waals surface area contributed by atoms with Gasteiger partial charge in [0.2, 0.25) is 0 Å². The molecule has 0 saturated carbocycles. The summed E-state index contributed by atoms with van der Waals surface area (Å²) in [5.41, 5.74) is 16.4. The number of nitrogen functional groups attached to an aromatic ring is 2. The molecule has 0 spiro atoms. The lowest BCUT2D eigenvalue weighted by molar-refractivity contribution is -0.122. The van der Waals surface area contributed by atoms with Gasteiger partial charge in [-0.2, -0.15) is 0 Å². The summed E-state index contributed by atoms with van der Waals surface area (Å²) in [6.07, 6.45) is 2.73. The van der Waals surface area contributed by atoms with Crippen molar-refractivity contribution >= 4 is 56.1 Å². The number of aliphatic hydroxyl groups excluding tert-OH is 1. The van der Waals surface area contributed by atoms with Crippen LogP contribution >= 0.6 is 0 Å². The average molecular weight is 460 g/mol. The first kappa shape index (κ1) is 21.7. The van der Waals surface area contributed by atoms with Crippen LogP contribution in [0.15, 0.2) is 48.8 Å². The summed E-state index contributed by atoms with van der Waals surface area (Å²) in [6, 6.07) is 10.7. The number of hydrogen-bond acceptors (Lipinski definition) is 6. The number of aromatic nitrogens is 2. The van der Waals surface area contributed by atoms with Gasteiger partial charge >= 0.3 is 0 Å². The van der Waals surface area contributed by atoms with Gasteiger partial charge < -0.3 is 30.9 Å². The maximum absolute atomic E-state index is 13.1. The second-order valence-corrected chi connectivity index (χ2v) is 8.33. The zero-order valence-corrected chi connectivity index (χ0v) is 18.6. The van der Waals surface area contributed by atoms with Crippen LogP contribution < -0.4 is 16.8 Å². The molecule has 0 radical (unpaired) electrons. The number of ether oxygens (including phenoxy) is 1. The number of fused-ring (bicyclic) bond motifs is 2. The van der Waals surface area contributed by atoms with E-state index >= 15 is 0 Å². The van der Waals surface area contributed by atoms with E-state index in [0.29, 0.717) is 34.5 Å². The Hall–Kier alpha value is -4.08. The predicted octanol–water partition coefficient (Wildman–Crippen LogP) is 2.25. The van der Waals surface area contributed by atoms with E-state index in [1.54, 1.807) is 36.7 Å². The Labute approximate surface area is 195 Å². The van der Waals surface area contributed by atoms with Crippen LogP contribution in [-0.2, 0) is 20.9 Å². The SMILES string of the molecule is CCOCC(O)Cn1cc(C2=C(c3c[nH]c4ccc(N)cc34)C(=O)NC2=O)c2cc(N)ccc21. The van der Waals surface area contributed by atoms with Gasteiger partial charge in [0.05, 0.1) is 30.4 Å². The third kappa shape index (κ3) is 3.60. The molecule has 4 aromatic rings. The summed E-state index contributed by atoms with van der Waals surface area (Å²) in [7, 11) is 0. The van der Waals surface area contributed by atoms with E-state index in [9.17, 15) is 14.7 Å². The zero-order chi connectivity index (χ0) is 24.0. The van der Waals surface area contributed by atoms with Gasteiger partial charge in [0, 0.05) is 63.3 Å². The number of anilines is 2. The standard InChI is InChI=1S/C25H25N5O4/c1-2-34-12-15(31)10-30-11-19(17-8-14(27)4-6-21(17)30)23-22(24(32)29-25(23)33)18-9-28-20-5-3-13(26)7-16(18)20/h3-9,11,15,28,31H,2,10,12,26-27H2,1H3,(H,29,32,33). The molecule has 5 rings (SSSR count). The van der Waals surface area contributed by atoms with Crippen LogP contribution in [0.4, 0.5) is 11.4 Å². The Morgan fingerprint density at radius 1 is 1.00 bits per heavy atom. The number of nitrogens with one attached hydrogen (secondary N) is 2. The molecule has 174 valence electrons. The minimum absolute atomic E-state index is 0.185. The third-order valence-electron chi connectivity index (χ3n) is 6.00. The van der Waals surface area contributed by atoms with E-state index in [4.69, 9.17) is 16.2 Å². The molecular weight excluding hydrogens is 434 g/mol. The number of aliphatic hydroxyl groups is 1. The molecule has 1 unspecified atom stereocenters. The number of aromatic amines is 1. The first-order valence-corrected chi connectivity index (χ1v) is 11.0.